The number of alkyl halides is 3. The molecule has 1 atom stereocenters. The van der Waals surface area contributed by atoms with Crippen LogP contribution in [0.4, 0.5) is 30.2 Å². The molecule has 0 spiro atoms. The van der Waals surface area contributed by atoms with Crippen molar-refractivity contribution in [3.63, 3.8) is 0 Å². The van der Waals surface area contributed by atoms with Gasteiger partial charge in [-0.25, -0.2) is 0 Å². The number of hydrogen-bond donors (Lipinski definition) is 2. The van der Waals surface area contributed by atoms with E-state index in [0.717, 1.165) is 16.6 Å². The molecular formula is C24H17BrF3N3O3. The zero-order valence-electron chi connectivity index (χ0n) is 17.4. The number of benzene rings is 3. The van der Waals surface area contributed by atoms with E-state index in [4.69, 9.17) is 0 Å². The zero-order valence-corrected chi connectivity index (χ0v) is 19.0. The number of rotatable bonds is 4. The Morgan fingerprint density at radius 3 is 2.41 bits per heavy atom. The minimum atomic E-state index is -4.57. The van der Waals surface area contributed by atoms with Crippen LogP contribution < -0.4 is 15.5 Å². The average molecular weight is 532 g/mol. The Balaban J connectivity index is 1.62. The molecule has 3 aromatic carbocycles. The van der Waals surface area contributed by atoms with Crippen LogP contribution in [-0.2, 0) is 15.8 Å². The Morgan fingerprint density at radius 1 is 1.00 bits per heavy atom. The smallest absolute Gasteiger partial charge is 0.326 e. The number of nitrogens with one attached hydrogen (secondary N) is 2. The highest BCUT2D eigenvalue weighted by Crippen LogP contribution is 2.35. The Morgan fingerprint density at radius 2 is 1.71 bits per heavy atom. The molecule has 0 saturated carbocycles. The summed E-state index contributed by atoms with van der Waals surface area (Å²) in [5, 5.41) is 5.07. The summed E-state index contributed by atoms with van der Waals surface area (Å²) in [7, 11) is 0. The highest BCUT2D eigenvalue weighted by Gasteiger charge is 2.38. The third-order valence-electron chi connectivity index (χ3n) is 5.20. The number of fused-ring (bicyclic) bond motifs is 1. The standard InChI is InChI=1S/C24H17BrF3N3O3/c25-16-10-8-14(9-11-16)23(34)31-19-7-2-1-6-18(19)30-22(33)20(31)13-21(32)29-17-5-3-4-15(12-17)24(26,27)28/h1-12,20H,13H2,(H,29,32)(H,30,33)/t20-/m0/s1. The number of anilines is 3. The molecule has 1 aliphatic heterocycles. The van der Waals surface area contributed by atoms with Gasteiger partial charge in [-0.1, -0.05) is 34.1 Å². The predicted molar refractivity (Wildman–Crippen MR) is 125 cm³/mol. The van der Waals surface area contributed by atoms with Crippen molar-refractivity contribution in [3.8, 4) is 0 Å². The topological polar surface area (TPSA) is 78.5 Å². The number of amides is 3. The van der Waals surface area contributed by atoms with Gasteiger partial charge in [0.2, 0.25) is 11.8 Å². The lowest BCUT2D eigenvalue weighted by Crippen LogP contribution is -2.52. The molecule has 3 amide bonds. The molecule has 0 radical (unpaired) electrons. The molecule has 0 unspecified atom stereocenters. The van der Waals surface area contributed by atoms with Gasteiger partial charge in [0.1, 0.15) is 6.04 Å². The van der Waals surface area contributed by atoms with E-state index in [1.54, 1.807) is 48.5 Å². The molecular weight excluding hydrogens is 515 g/mol. The summed E-state index contributed by atoms with van der Waals surface area (Å²) >= 11 is 3.31. The summed E-state index contributed by atoms with van der Waals surface area (Å²) in [6, 6.07) is 16.2. The van der Waals surface area contributed by atoms with Gasteiger partial charge in [-0.05, 0) is 54.6 Å². The first kappa shape index (κ1) is 23.5. The third kappa shape index (κ3) is 4.96. The zero-order chi connectivity index (χ0) is 24.5. The Bertz CT molecular complexity index is 1260. The summed E-state index contributed by atoms with van der Waals surface area (Å²) in [5.41, 5.74) is 0.138. The number of carbonyl (C=O) groups excluding carboxylic acids is 3. The largest absolute Gasteiger partial charge is 0.416 e. The molecule has 0 bridgehead atoms. The van der Waals surface area contributed by atoms with Gasteiger partial charge >= 0.3 is 6.18 Å². The molecule has 6 nitrogen and oxygen atoms in total. The van der Waals surface area contributed by atoms with Crippen molar-refractivity contribution in [2.45, 2.75) is 18.6 Å². The second kappa shape index (κ2) is 9.30. The summed E-state index contributed by atoms with van der Waals surface area (Å²) in [6.07, 6.45) is -5.03. The molecule has 0 fully saturated rings. The van der Waals surface area contributed by atoms with E-state index in [0.29, 0.717) is 16.9 Å². The molecule has 1 aliphatic rings. The average Bonchev–Trinajstić information content (AvgIpc) is 2.79. The van der Waals surface area contributed by atoms with E-state index < -0.39 is 41.9 Å². The molecule has 3 aromatic rings. The first-order chi connectivity index (χ1) is 16.1. The van der Waals surface area contributed by atoms with E-state index in [-0.39, 0.29) is 5.69 Å². The molecule has 1 heterocycles. The lowest BCUT2D eigenvalue weighted by molar-refractivity contribution is -0.137. The number of nitrogens with zero attached hydrogens (tertiary/aromatic N) is 1. The van der Waals surface area contributed by atoms with Gasteiger partial charge in [0, 0.05) is 15.7 Å². The van der Waals surface area contributed by atoms with E-state index in [9.17, 15) is 27.6 Å². The van der Waals surface area contributed by atoms with Crippen LogP contribution in [0.25, 0.3) is 0 Å². The van der Waals surface area contributed by atoms with Crippen molar-refractivity contribution in [2.75, 3.05) is 15.5 Å². The quantitative estimate of drug-likeness (QED) is 0.469. The second-order valence-corrected chi connectivity index (χ2v) is 8.45. The van der Waals surface area contributed by atoms with Crippen molar-refractivity contribution in [3.05, 3.63) is 88.4 Å². The molecule has 0 aliphatic carbocycles. The predicted octanol–water partition coefficient (Wildman–Crippen LogP) is 5.46. The maximum Gasteiger partial charge on any atom is 0.416 e. The Hall–Kier alpha value is -3.66. The van der Waals surface area contributed by atoms with Gasteiger partial charge in [0.15, 0.2) is 0 Å². The Labute approximate surface area is 200 Å². The maximum atomic E-state index is 13.4. The normalized spacial score (nSPS) is 15.4. The number of para-hydroxylation sites is 2. The van der Waals surface area contributed by atoms with Crippen LogP contribution in [0.15, 0.2) is 77.3 Å². The summed E-state index contributed by atoms with van der Waals surface area (Å²) in [6.45, 7) is 0. The van der Waals surface area contributed by atoms with Gasteiger partial charge in [0.25, 0.3) is 5.91 Å². The van der Waals surface area contributed by atoms with Gasteiger partial charge in [-0.15, -0.1) is 0 Å². The van der Waals surface area contributed by atoms with Crippen molar-refractivity contribution in [2.24, 2.45) is 0 Å². The van der Waals surface area contributed by atoms with Crippen LogP contribution in [0.3, 0.4) is 0 Å². The second-order valence-electron chi connectivity index (χ2n) is 7.54. The van der Waals surface area contributed by atoms with Gasteiger partial charge in [0.05, 0.1) is 23.4 Å². The third-order valence-corrected chi connectivity index (χ3v) is 5.73. The fraction of sp³-hybridized carbons (Fsp3) is 0.125. The lowest BCUT2D eigenvalue weighted by Gasteiger charge is -2.36. The van der Waals surface area contributed by atoms with E-state index in [1.165, 1.54) is 17.0 Å². The first-order valence-electron chi connectivity index (χ1n) is 10.1. The molecule has 174 valence electrons. The number of hydrogen-bond acceptors (Lipinski definition) is 3. The highest BCUT2D eigenvalue weighted by atomic mass is 79.9. The molecule has 34 heavy (non-hydrogen) atoms. The van der Waals surface area contributed by atoms with Crippen LogP contribution in [0.5, 0.6) is 0 Å². The van der Waals surface area contributed by atoms with E-state index in [1.807, 2.05) is 0 Å². The molecule has 10 heteroatoms. The van der Waals surface area contributed by atoms with Crippen LogP contribution in [-0.4, -0.2) is 23.8 Å². The van der Waals surface area contributed by atoms with E-state index in [2.05, 4.69) is 26.6 Å². The van der Waals surface area contributed by atoms with Crippen LogP contribution in [0, 0.1) is 0 Å². The SMILES string of the molecule is O=C(C[C@H]1C(=O)Nc2ccccc2N1C(=O)c1ccc(Br)cc1)Nc1cccc(C(F)(F)F)c1. The fourth-order valence-corrected chi connectivity index (χ4v) is 3.88. The summed E-state index contributed by atoms with van der Waals surface area (Å²) < 4.78 is 39.7. The van der Waals surface area contributed by atoms with E-state index >= 15 is 0 Å². The molecule has 0 saturated heterocycles. The van der Waals surface area contributed by atoms with Gasteiger partial charge in [-0.3, -0.25) is 19.3 Å². The highest BCUT2D eigenvalue weighted by molar-refractivity contribution is 9.10. The van der Waals surface area contributed by atoms with Crippen molar-refractivity contribution >= 4 is 50.7 Å². The summed E-state index contributed by atoms with van der Waals surface area (Å²) in [4.78, 5) is 40.3. The maximum absolute atomic E-state index is 13.4. The lowest BCUT2D eigenvalue weighted by atomic mass is 10.0. The van der Waals surface area contributed by atoms with Gasteiger partial charge < -0.3 is 10.6 Å². The van der Waals surface area contributed by atoms with Crippen LogP contribution >= 0.6 is 15.9 Å². The minimum Gasteiger partial charge on any atom is -0.326 e. The van der Waals surface area contributed by atoms with Crippen molar-refractivity contribution in [1.29, 1.82) is 0 Å². The molecule has 2 N–H and O–H groups in total. The molecule has 4 rings (SSSR count). The molecule has 0 aromatic heterocycles. The number of carbonyl (C=O) groups is 3. The minimum absolute atomic E-state index is 0.0674. The van der Waals surface area contributed by atoms with Crippen LogP contribution in [0.2, 0.25) is 0 Å². The first-order valence-corrected chi connectivity index (χ1v) is 10.9. The van der Waals surface area contributed by atoms with Gasteiger partial charge in [-0.2, -0.15) is 13.2 Å². The monoisotopic (exact) mass is 531 g/mol. The Kier molecular flexibility index (Phi) is 6.43. The summed E-state index contributed by atoms with van der Waals surface area (Å²) in [5.74, 6) is -1.79. The number of halogens is 4. The van der Waals surface area contributed by atoms with Crippen LogP contribution in [0.1, 0.15) is 22.3 Å². The fourth-order valence-electron chi connectivity index (χ4n) is 3.62. The van der Waals surface area contributed by atoms with Crippen molar-refractivity contribution < 1.29 is 27.6 Å². The van der Waals surface area contributed by atoms with Crippen molar-refractivity contribution in [1.82, 2.24) is 0 Å².